The van der Waals surface area contributed by atoms with Gasteiger partial charge in [-0.2, -0.15) is 0 Å². The highest BCUT2D eigenvalue weighted by Crippen LogP contribution is 2.16. The third kappa shape index (κ3) is 3.01. The minimum absolute atomic E-state index is 0.499. The molecule has 4 nitrogen and oxygen atoms in total. The van der Waals surface area contributed by atoms with Crippen LogP contribution in [0.2, 0.25) is 0 Å². The molecule has 76 valence electrons. The van der Waals surface area contributed by atoms with Gasteiger partial charge in [0.1, 0.15) is 0 Å². The highest BCUT2D eigenvalue weighted by molar-refractivity contribution is 9.10. The van der Waals surface area contributed by atoms with Crippen molar-refractivity contribution in [1.29, 1.82) is 0 Å². The van der Waals surface area contributed by atoms with Gasteiger partial charge in [0.2, 0.25) is 0 Å². The number of rotatable bonds is 3. The molecule has 0 bridgehead atoms. The number of benzene rings is 1. The summed E-state index contributed by atoms with van der Waals surface area (Å²) in [5.41, 5.74) is 5.84. The zero-order valence-corrected chi connectivity index (χ0v) is 9.24. The zero-order valence-electron chi connectivity index (χ0n) is 7.66. The summed E-state index contributed by atoms with van der Waals surface area (Å²) in [6, 6.07) is 6.80. The molecule has 0 aliphatic carbocycles. The molecule has 0 aliphatic rings. The lowest BCUT2D eigenvalue weighted by Crippen LogP contribution is -2.34. The number of methoxy groups -OCH3 is 1. The third-order valence-corrected chi connectivity index (χ3v) is 2.21. The predicted octanol–water partition coefficient (Wildman–Crippen LogP) is 1.76. The van der Waals surface area contributed by atoms with E-state index in [4.69, 9.17) is 10.5 Å². The summed E-state index contributed by atoms with van der Waals surface area (Å²) in [6.07, 6.45) is -0.499. The largest absolute Gasteiger partial charge is 0.357 e. The van der Waals surface area contributed by atoms with Crippen molar-refractivity contribution in [3.63, 3.8) is 0 Å². The Balaban J connectivity index is 2.78. The van der Waals surface area contributed by atoms with Gasteiger partial charge in [0.05, 0.1) is 0 Å². The van der Waals surface area contributed by atoms with Crippen LogP contribution in [-0.4, -0.2) is 13.1 Å². The molecule has 2 amide bonds. The van der Waals surface area contributed by atoms with E-state index in [0.29, 0.717) is 0 Å². The fraction of sp³-hybridized carbons (Fsp3) is 0.222. The molecule has 14 heavy (non-hydrogen) atoms. The maximum absolute atomic E-state index is 10.6. The van der Waals surface area contributed by atoms with Crippen molar-refractivity contribution in [2.24, 2.45) is 5.73 Å². The second-order valence-corrected chi connectivity index (χ2v) is 3.59. The fourth-order valence-corrected chi connectivity index (χ4v) is 1.31. The van der Waals surface area contributed by atoms with Crippen molar-refractivity contribution >= 4 is 22.0 Å². The van der Waals surface area contributed by atoms with Crippen LogP contribution in [0.25, 0.3) is 0 Å². The smallest absolute Gasteiger partial charge is 0.314 e. The highest BCUT2D eigenvalue weighted by Gasteiger charge is 2.10. The van der Waals surface area contributed by atoms with E-state index in [-0.39, 0.29) is 0 Å². The summed E-state index contributed by atoms with van der Waals surface area (Å²) >= 11 is 3.31. The number of carbonyl (C=O) groups excluding carboxylic acids is 1. The minimum Gasteiger partial charge on any atom is -0.357 e. The Bertz CT molecular complexity index is 313. The number of carbonyl (C=O) groups is 1. The van der Waals surface area contributed by atoms with Crippen molar-refractivity contribution in [2.75, 3.05) is 7.11 Å². The highest BCUT2D eigenvalue weighted by atomic mass is 79.9. The number of ether oxygens (including phenoxy) is 1. The summed E-state index contributed by atoms with van der Waals surface area (Å²) < 4.78 is 6.03. The van der Waals surface area contributed by atoms with Crippen LogP contribution in [0.5, 0.6) is 0 Å². The van der Waals surface area contributed by atoms with Crippen molar-refractivity contribution < 1.29 is 9.53 Å². The van der Waals surface area contributed by atoms with Crippen LogP contribution in [0.4, 0.5) is 4.79 Å². The first-order valence-electron chi connectivity index (χ1n) is 3.97. The molecule has 0 saturated carbocycles. The zero-order chi connectivity index (χ0) is 10.6. The van der Waals surface area contributed by atoms with Gasteiger partial charge in [-0.05, 0) is 12.1 Å². The second kappa shape index (κ2) is 4.97. The Morgan fingerprint density at radius 2 is 2.07 bits per heavy atom. The third-order valence-electron chi connectivity index (χ3n) is 1.68. The molecule has 3 N–H and O–H groups in total. The molecule has 1 aromatic rings. The van der Waals surface area contributed by atoms with Crippen LogP contribution >= 0.6 is 15.9 Å². The lowest BCUT2D eigenvalue weighted by Gasteiger charge is -2.15. The molecule has 1 atom stereocenters. The Hall–Kier alpha value is -1.07. The molecule has 0 saturated heterocycles. The molecule has 1 rings (SSSR count). The molecule has 1 aromatic carbocycles. The van der Waals surface area contributed by atoms with Gasteiger partial charge in [-0.1, -0.05) is 28.1 Å². The van der Waals surface area contributed by atoms with E-state index in [9.17, 15) is 4.79 Å². The Morgan fingerprint density at radius 3 is 2.50 bits per heavy atom. The van der Waals surface area contributed by atoms with E-state index in [1.54, 1.807) is 0 Å². The monoisotopic (exact) mass is 258 g/mol. The Labute approximate surface area is 90.6 Å². The normalized spacial score (nSPS) is 12.1. The van der Waals surface area contributed by atoms with E-state index in [0.717, 1.165) is 10.0 Å². The number of hydrogen-bond acceptors (Lipinski definition) is 2. The van der Waals surface area contributed by atoms with Crippen LogP contribution in [0.1, 0.15) is 11.8 Å². The standard InChI is InChI=1S/C9H11BrN2O2/c1-14-8(12-9(11)13)6-2-4-7(10)5-3-6/h2-5,8H,1H3,(H3,11,12,13). The van der Waals surface area contributed by atoms with Crippen molar-refractivity contribution in [1.82, 2.24) is 5.32 Å². The number of halogens is 1. The van der Waals surface area contributed by atoms with E-state index < -0.39 is 12.3 Å². The topological polar surface area (TPSA) is 64.3 Å². The average molecular weight is 259 g/mol. The predicted molar refractivity (Wildman–Crippen MR) is 56.6 cm³/mol. The van der Waals surface area contributed by atoms with Crippen LogP contribution in [0.3, 0.4) is 0 Å². The molecule has 0 fully saturated rings. The summed E-state index contributed by atoms with van der Waals surface area (Å²) in [4.78, 5) is 10.6. The first kappa shape index (κ1) is 11.0. The van der Waals surface area contributed by atoms with Gasteiger partial charge in [0, 0.05) is 17.1 Å². The first-order valence-corrected chi connectivity index (χ1v) is 4.77. The van der Waals surface area contributed by atoms with Gasteiger partial charge in [0.25, 0.3) is 0 Å². The summed E-state index contributed by atoms with van der Waals surface area (Å²) in [7, 11) is 1.50. The summed E-state index contributed by atoms with van der Waals surface area (Å²) in [5.74, 6) is 0. The summed E-state index contributed by atoms with van der Waals surface area (Å²) in [5, 5.41) is 2.47. The number of amides is 2. The molecule has 0 aromatic heterocycles. The lowest BCUT2D eigenvalue weighted by atomic mass is 10.2. The van der Waals surface area contributed by atoms with E-state index in [2.05, 4.69) is 21.2 Å². The maximum Gasteiger partial charge on any atom is 0.314 e. The van der Waals surface area contributed by atoms with Crippen LogP contribution in [0, 0.1) is 0 Å². The molecule has 0 heterocycles. The number of nitrogens with one attached hydrogen (secondary N) is 1. The van der Waals surface area contributed by atoms with E-state index >= 15 is 0 Å². The molecular weight excluding hydrogens is 248 g/mol. The number of hydrogen-bond donors (Lipinski definition) is 2. The molecule has 5 heteroatoms. The van der Waals surface area contributed by atoms with Gasteiger partial charge in [0.15, 0.2) is 6.23 Å². The minimum atomic E-state index is -0.611. The molecule has 0 aliphatic heterocycles. The maximum atomic E-state index is 10.6. The van der Waals surface area contributed by atoms with Crippen molar-refractivity contribution in [2.45, 2.75) is 6.23 Å². The van der Waals surface area contributed by atoms with Gasteiger partial charge in [-0.15, -0.1) is 0 Å². The van der Waals surface area contributed by atoms with E-state index in [1.165, 1.54) is 7.11 Å². The Kier molecular flexibility index (Phi) is 3.91. The average Bonchev–Trinajstić information content (AvgIpc) is 2.15. The number of nitrogens with two attached hydrogens (primary N) is 1. The van der Waals surface area contributed by atoms with Crippen molar-refractivity contribution in [3.05, 3.63) is 34.3 Å². The van der Waals surface area contributed by atoms with Crippen molar-refractivity contribution in [3.8, 4) is 0 Å². The molecule has 1 unspecified atom stereocenters. The first-order chi connectivity index (χ1) is 6.63. The Morgan fingerprint density at radius 1 is 1.50 bits per heavy atom. The SMILES string of the molecule is COC(NC(N)=O)c1ccc(Br)cc1. The van der Waals surface area contributed by atoms with Crippen LogP contribution in [-0.2, 0) is 4.74 Å². The molecule has 0 radical (unpaired) electrons. The number of urea groups is 1. The van der Waals surface area contributed by atoms with Gasteiger partial charge in [-0.3, -0.25) is 0 Å². The van der Waals surface area contributed by atoms with Crippen LogP contribution < -0.4 is 11.1 Å². The van der Waals surface area contributed by atoms with Crippen LogP contribution in [0.15, 0.2) is 28.7 Å². The quantitative estimate of drug-likeness (QED) is 0.812. The molecular formula is C9H11BrN2O2. The molecule has 0 spiro atoms. The van der Waals surface area contributed by atoms with Gasteiger partial charge < -0.3 is 15.8 Å². The fourth-order valence-electron chi connectivity index (χ4n) is 1.05. The lowest BCUT2D eigenvalue weighted by molar-refractivity contribution is 0.0827. The second-order valence-electron chi connectivity index (χ2n) is 2.68. The number of primary amides is 1. The van der Waals surface area contributed by atoms with Gasteiger partial charge >= 0.3 is 6.03 Å². The van der Waals surface area contributed by atoms with E-state index in [1.807, 2.05) is 24.3 Å². The summed E-state index contributed by atoms with van der Waals surface area (Å²) in [6.45, 7) is 0. The van der Waals surface area contributed by atoms with Gasteiger partial charge in [-0.25, -0.2) is 4.79 Å².